The van der Waals surface area contributed by atoms with Crippen molar-refractivity contribution < 1.29 is 29.4 Å². The number of ketones is 1. The van der Waals surface area contributed by atoms with Gasteiger partial charge < -0.3 is 37.6 Å². The maximum Gasteiger partial charge on any atom is 0.245 e. The van der Waals surface area contributed by atoms with Crippen molar-refractivity contribution >= 4 is 23.5 Å². The normalized spacial score (nSPS) is 17.8. The number of Topliss-reactive ketones (excluding diaryl/α,β-unsaturated/α-hetero) is 1. The summed E-state index contributed by atoms with van der Waals surface area (Å²) in [6, 6.07) is 2.56. The lowest BCUT2D eigenvalue weighted by molar-refractivity contribution is -0.136. The summed E-state index contributed by atoms with van der Waals surface area (Å²) in [6.45, 7) is 4.94. The van der Waals surface area contributed by atoms with Crippen LogP contribution in [0.1, 0.15) is 71.3 Å². The molecule has 0 aromatic heterocycles. The maximum absolute atomic E-state index is 13.4. The number of nitrogens with one attached hydrogen (secondary N) is 3. The van der Waals surface area contributed by atoms with E-state index in [0.717, 1.165) is 25.7 Å². The summed E-state index contributed by atoms with van der Waals surface area (Å²) in [5.74, 6) is -2.05. The molecule has 1 saturated carbocycles. The van der Waals surface area contributed by atoms with Crippen molar-refractivity contribution in [3.05, 3.63) is 29.8 Å². The second-order valence-electron chi connectivity index (χ2n) is 11.2. The standard InChI is InChI=1S/C29H47N5O6/c1-17(2)27(38)23(13-14-30)33-29(40)26(18(3)35)34-28(39)24(15-19-9-11-21(36)12-10-19)32-25(37)16-22(31)20-7-5-4-6-8-20/h9-12,17-18,20,22-24,26,35-36H,4-8,13-16,30-31H2,1-3H3,(H,32,37)(H,33,40)(H,34,39)/t18?,22?,23-,24-,26-/m0/s1. The van der Waals surface area contributed by atoms with Gasteiger partial charge in [0.25, 0.3) is 0 Å². The highest BCUT2D eigenvalue weighted by atomic mass is 16.3. The molecule has 0 aliphatic heterocycles. The Kier molecular flexibility index (Phi) is 13.5. The zero-order valence-corrected chi connectivity index (χ0v) is 23.9. The fraction of sp³-hybridized carbons (Fsp3) is 0.655. The quantitative estimate of drug-likeness (QED) is 0.162. The number of benzene rings is 1. The Morgan fingerprint density at radius 1 is 0.925 bits per heavy atom. The molecule has 11 nitrogen and oxygen atoms in total. The smallest absolute Gasteiger partial charge is 0.245 e. The Labute approximate surface area is 236 Å². The number of phenolic OH excluding ortho intramolecular Hbond substituents is 1. The summed E-state index contributed by atoms with van der Waals surface area (Å²) >= 11 is 0. The first-order valence-corrected chi connectivity index (χ1v) is 14.3. The molecule has 2 rings (SSSR count). The first-order valence-electron chi connectivity index (χ1n) is 14.3. The molecular weight excluding hydrogens is 514 g/mol. The minimum Gasteiger partial charge on any atom is -0.508 e. The number of aromatic hydroxyl groups is 1. The Morgan fingerprint density at radius 3 is 2.10 bits per heavy atom. The van der Waals surface area contributed by atoms with E-state index in [1.54, 1.807) is 26.0 Å². The van der Waals surface area contributed by atoms with Crippen molar-refractivity contribution in [3.8, 4) is 5.75 Å². The van der Waals surface area contributed by atoms with Crippen LogP contribution in [-0.4, -0.2) is 70.5 Å². The van der Waals surface area contributed by atoms with E-state index < -0.39 is 36.0 Å². The summed E-state index contributed by atoms with van der Waals surface area (Å²) in [6.07, 6.45) is 4.34. The number of amides is 3. The minimum absolute atomic E-state index is 0.0565. The van der Waals surface area contributed by atoms with Gasteiger partial charge in [-0.25, -0.2) is 0 Å². The fourth-order valence-corrected chi connectivity index (χ4v) is 5.05. The molecule has 3 amide bonds. The van der Waals surface area contributed by atoms with Crippen LogP contribution in [0.3, 0.4) is 0 Å². The second-order valence-corrected chi connectivity index (χ2v) is 11.2. The van der Waals surface area contributed by atoms with E-state index in [-0.39, 0.29) is 61.1 Å². The van der Waals surface area contributed by atoms with Gasteiger partial charge in [0, 0.05) is 24.8 Å². The molecule has 0 radical (unpaired) electrons. The molecule has 1 aliphatic rings. The summed E-state index contributed by atoms with van der Waals surface area (Å²) in [5, 5.41) is 27.9. The number of nitrogens with two attached hydrogens (primary N) is 2. The summed E-state index contributed by atoms with van der Waals surface area (Å²) in [5.41, 5.74) is 12.6. The van der Waals surface area contributed by atoms with Crippen molar-refractivity contribution in [3.63, 3.8) is 0 Å². The highest BCUT2D eigenvalue weighted by Gasteiger charge is 2.33. The highest BCUT2D eigenvalue weighted by molar-refractivity contribution is 5.95. The molecule has 1 aliphatic carbocycles. The van der Waals surface area contributed by atoms with Crippen LogP contribution in [0.5, 0.6) is 5.75 Å². The lowest BCUT2D eigenvalue weighted by Gasteiger charge is -2.29. The van der Waals surface area contributed by atoms with Crippen LogP contribution in [0.15, 0.2) is 24.3 Å². The molecule has 0 spiro atoms. The average Bonchev–Trinajstić information content (AvgIpc) is 2.91. The van der Waals surface area contributed by atoms with Crippen molar-refractivity contribution in [2.75, 3.05) is 6.54 Å². The van der Waals surface area contributed by atoms with E-state index in [4.69, 9.17) is 11.5 Å². The van der Waals surface area contributed by atoms with Crippen molar-refractivity contribution in [2.24, 2.45) is 23.3 Å². The molecular formula is C29H47N5O6. The second kappa shape index (κ2) is 16.3. The summed E-state index contributed by atoms with van der Waals surface area (Å²) in [4.78, 5) is 52.0. The molecule has 5 atom stereocenters. The first-order chi connectivity index (χ1) is 18.9. The van der Waals surface area contributed by atoms with Gasteiger partial charge in [-0.3, -0.25) is 19.2 Å². The Balaban J connectivity index is 2.17. The molecule has 0 heterocycles. The van der Waals surface area contributed by atoms with Crippen LogP contribution < -0.4 is 27.4 Å². The third-order valence-electron chi connectivity index (χ3n) is 7.45. The molecule has 0 bridgehead atoms. The first kappa shape index (κ1) is 33.2. The molecule has 9 N–H and O–H groups in total. The minimum atomic E-state index is -1.38. The lowest BCUT2D eigenvalue weighted by atomic mass is 9.83. The van der Waals surface area contributed by atoms with Gasteiger partial charge in [-0.1, -0.05) is 45.2 Å². The maximum atomic E-state index is 13.4. The van der Waals surface area contributed by atoms with E-state index in [9.17, 15) is 29.4 Å². The fourth-order valence-electron chi connectivity index (χ4n) is 5.05. The number of carbonyl (C=O) groups excluding carboxylic acids is 4. The van der Waals surface area contributed by atoms with Crippen LogP contribution in [-0.2, 0) is 25.6 Å². The zero-order chi connectivity index (χ0) is 29.8. The van der Waals surface area contributed by atoms with Crippen LogP contribution in [0.25, 0.3) is 0 Å². The Bertz CT molecular complexity index is 978. The van der Waals surface area contributed by atoms with E-state index in [1.165, 1.54) is 25.5 Å². The predicted octanol–water partition coefficient (Wildman–Crippen LogP) is 0.642. The van der Waals surface area contributed by atoms with Crippen molar-refractivity contribution in [1.82, 2.24) is 16.0 Å². The Morgan fingerprint density at radius 2 is 1.55 bits per heavy atom. The molecule has 1 aromatic rings. The summed E-state index contributed by atoms with van der Waals surface area (Å²) in [7, 11) is 0. The zero-order valence-electron chi connectivity index (χ0n) is 23.9. The number of aliphatic hydroxyl groups is 1. The van der Waals surface area contributed by atoms with Crippen molar-refractivity contribution in [2.45, 2.75) is 102 Å². The number of hydrogen-bond donors (Lipinski definition) is 7. The molecule has 11 heteroatoms. The topological polar surface area (TPSA) is 197 Å². The van der Waals surface area contributed by atoms with Crippen LogP contribution in [0.4, 0.5) is 0 Å². The van der Waals surface area contributed by atoms with Crippen LogP contribution >= 0.6 is 0 Å². The molecule has 2 unspecified atom stereocenters. The number of aliphatic hydroxyl groups excluding tert-OH is 1. The van der Waals surface area contributed by atoms with E-state index in [0.29, 0.717) is 5.56 Å². The van der Waals surface area contributed by atoms with E-state index >= 15 is 0 Å². The molecule has 1 aromatic carbocycles. The predicted molar refractivity (Wildman–Crippen MR) is 152 cm³/mol. The van der Waals surface area contributed by atoms with Gasteiger partial charge in [0.2, 0.25) is 17.7 Å². The molecule has 1 fully saturated rings. The number of carbonyl (C=O) groups is 4. The van der Waals surface area contributed by atoms with Gasteiger partial charge in [-0.2, -0.15) is 0 Å². The lowest BCUT2D eigenvalue weighted by Crippen LogP contribution is -2.59. The van der Waals surface area contributed by atoms with Gasteiger partial charge in [0.15, 0.2) is 5.78 Å². The van der Waals surface area contributed by atoms with E-state index in [2.05, 4.69) is 16.0 Å². The average molecular weight is 562 g/mol. The largest absolute Gasteiger partial charge is 0.508 e. The third kappa shape index (κ3) is 10.5. The molecule has 224 valence electrons. The number of rotatable bonds is 15. The Hall–Kier alpha value is -3.02. The highest BCUT2D eigenvalue weighted by Crippen LogP contribution is 2.26. The number of hydrogen-bond acceptors (Lipinski definition) is 8. The molecule has 40 heavy (non-hydrogen) atoms. The van der Waals surface area contributed by atoms with Crippen LogP contribution in [0.2, 0.25) is 0 Å². The van der Waals surface area contributed by atoms with Gasteiger partial charge in [-0.05, 0) is 56.3 Å². The van der Waals surface area contributed by atoms with Crippen LogP contribution in [0, 0.1) is 11.8 Å². The van der Waals surface area contributed by atoms with Gasteiger partial charge in [0.1, 0.15) is 17.8 Å². The SMILES string of the molecule is CC(C)C(=O)[C@H](CCN)NC(=O)[C@@H](NC(=O)[C@H](Cc1ccc(O)cc1)NC(=O)CC(N)C1CCCCC1)C(C)O. The molecule has 0 saturated heterocycles. The third-order valence-corrected chi connectivity index (χ3v) is 7.45. The van der Waals surface area contributed by atoms with E-state index in [1.807, 2.05) is 0 Å². The van der Waals surface area contributed by atoms with Crippen molar-refractivity contribution in [1.29, 1.82) is 0 Å². The summed E-state index contributed by atoms with van der Waals surface area (Å²) < 4.78 is 0. The van der Waals surface area contributed by atoms with Gasteiger partial charge in [0.05, 0.1) is 12.1 Å². The van der Waals surface area contributed by atoms with Gasteiger partial charge in [-0.15, -0.1) is 0 Å². The number of phenols is 1. The monoisotopic (exact) mass is 561 g/mol. The van der Waals surface area contributed by atoms with Gasteiger partial charge >= 0.3 is 0 Å².